The first kappa shape index (κ1) is 25.5. The summed E-state index contributed by atoms with van der Waals surface area (Å²) in [5.41, 5.74) is 4.12. The number of thiophene rings is 1. The van der Waals surface area contributed by atoms with Crippen molar-refractivity contribution in [3.63, 3.8) is 0 Å². The Morgan fingerprint density at radius 3 is 2.85 bits per heavy atom. The molecule has 1 fully saturated rings. The van der Waals surface area contributed by atoms with Crippen molar-refractivity contribution in [2.75, 3.05) is 18.4 Å². The molecule has 2 aliphatic rings. The molecule has 4 aromatic rings. The number of amides is 1. The van der Waals surface area contributed by atoms with Crippen LogP contribution in [0.3, 0.4) is 0 Å². The molecule has 1 aliphatic carbocycles. The Kier molecular flexibility index (Phi) is 7.26. The Labute approximate surface area is 232 Å². The fourth-order valence-corrected chi connectivity index (χ4v) is 6.15. The number of hydrogen-bond acceptors (Lipinski definition) is 8. The Morgan fingerprint density at radius 1 is 1.18 bits per heavy atom. The fourth-order valence-electron chi connectivity index (χ4n) is 4.94. The molecule has 0 atom stereocenters. The maximum atomic E-state index is 12.8. The number of aromatic nitrogens is 3. The van der Waals surface area contributed by atoms with Gasteiger partial charge in [-0.25, -0.2) is 9.97 Å². The molecule has 4 heterocycles. The highest BCUT2D eigenvalue weighted by atomic mass is 32.1. The standard InChI is InChI=1S/C30H32N6O2S/c1-19-15-22(9-11-25(19)38-23-10-8-20(2)32-16-23)35-29-28-24-12-14-36(17-26(24)39-30(28)34-18-33-29)27(37)7-4-13-31-21-5-3-6-21/h4,7-11,15-16,18,21,31H,3,5-6,12-14,17H2,1-2H3,(H,33,34,35)/b7-4+. The summed E-state index contributed by atoms with van der Waals surface area (Å²) in [5.74, 6) is 2.34. The quantitative estimate of drug-likeness (QED) is 0.272. The van der Waals surface area contributed by atoms with E-state index in [1.807, 2.05) is 49.1 Å². The molecular formula is C30H32N6O2S. The number of benzene rings is 1. The lowest BCUT2D eigenvalue weighted by Gasteiger charge is -2.27. The lowest BCUT2D eigenvalue weighted by Crippen LogP contribution is -2.36. The van der Waals surface area contributed by atoms with Crippen LogP contribution in [0.15, 0.2) is 55.0 Å². The molecule has 39 heavy (non-hydrogen) atoms. The van der Waals surface area contributed by atoms with E-state index in [-0.39, 0.29) is 5.91 Å². The van der Waals surface area contributed by atoms with Crippen molar-refractivity contribution in [3.05, 3.63) is 76.7 Å². The molecule has 2 N–H and O–H groups in total. The van der Waals surface area contributed by atoms with Crippen LogP contribution in [0, 0.1) is 13.8 Å². The number of nitrogens with zero attached hydrogens (tertiary/aromatic N) is 4. The minimum Gasteiger partial charge on any atom is -0.455 e. The first-order chi connectivity index (χ1) is 19.0. The molecule has 0 saturated heterocycles. The molecule has 0 unspecified atom stereocenters. The molecule has 200 valence electrons. The lowest BCUT2D eigenvalue weighted by molar-refractivity contribution is -0.126. The van der Waals surface area contributed by atoms with Gasteiger partial charge in [0.1, 0.15) is 28.5 Å². The van der Waals surface area contributed by atoms with Crippen molar-refractivity contribution in [2.24, 2.45) is 0 Å². The second kappa shape index (κ2) is 11.1. The summed E-state index contributed by atoms with van der Waals surface area (Å²) in [6.45, 7) is 6.01. The number of pyridine rings is 1. The normalized spacial score (nSPS) is 15.4. The van der Waals surface area contributed by atoms with Gasteiger partial charge in [0, 0.05) is 41.5 Å². The molecule has 1 saturated carbocycles. The van der Waals surface area contributed by atoms with Gasteiger partial charge < -0.3 is 20.3 Å². The highest BCUT2D eigenvalue weighted by Crippen LogP contribution is 2.38. The van der Waals surface area contributed by atoms with E-state index in [1.165, 1.54) is 29.7 Å². The van der Waals surface area contributed by atoms with Crippen molar-refractivity contribution in [1.82, 2.24) is 25.2 Å². The Hall–Kier alpha value is -3.82. The molecule has 3 aromatic heterocycles. The molecule has 9 heteroatoms. The van der Waals surface area contributed by atoms with Gasteiger partial charge in [-0.1, -0.05) is 12.5 Å². The molecule has 0 radical (unpaired) electrons. The number of ether oxygens (including phenoxy) is 1. The number of nitrogens with one attached hydrogen (secondary N) is 2. The van der Waals surface area contributed by atoms with E-state index in [4.69, 9.17) is 4.74 Å². The Bertz CT molecular complexity index is 1530. The molecule has 6 rings (SSSR count). The predicted octanol–water partition coefficient (Wildman–Crippen LogP) is 5.82. The lowest BCUT2D eigenvalue weighted by atomic mass is 9.93. The zero-order valence-electron chi connectivity index (χ0n) is 22.2. The topological polar surface area (TPSA) is 92.3 Å². The average Bonchev–Trinajstić information content (AvgIpc) is 3.29. The molecule has 0 spiro atoms. The maximum absolute atomic E-state index is 12.8. The summed E-state index contributed by atoms with van der Waals surface area (Å²) >= 11 is 1.65. The largest absolute Gasteiger partial charge is 0.455 e. The number of aryl methyl sites for hydroxylation is 2. The van der Waals surface area contributed by atoms with Crippen LogP contribution in [0.2, 0.25) is 0 Å². The highest BCUT2D eigenvalue weighted by Gasteiger charge is 2.25. The van der Waals surface area contributed by atoms with Gasteiger partial charge in [-0.2, -0.15) is 0 Å². The third-order valence-electron chi connectivity index (χ3n) is 7.39. The van der Waals surface area contributed by atoms with Crippen LogP contribution >= 0.6 is 11.3 Å². The zero-order valence-corrected chi connectivity index (χ0v) is 23.1. The molecular weight excluding hydrogens is 508 g/mol. The van der Waals surface area contributed by atoms with Gasteiger partial charge in [-0.3, -0.25) is 9.78 Å². The van der Waals surface area contributed by atoms with E-state index in [1.54, 1.807) is 29.9 Å². The van der Waals surface area contributed by atoms with E-state index in [9.17, 15) is 4.79 Å². The molecule has 1 amide bonds. The van der Waals surface area contributed by atoms with E-state index >= 15 is 0 Å². The number of carbonyl (C=O) groups excluding carboxylic acids is 1. The second-order valence-electron chi connectivity index (χ2n) is 10.2. The van der Waals surface area contributed by atoms with E-state index in [2.05, 4.69) is 31.7 Å². The van der Waals surface area contributed by atoms with Gasteiger partial charge in [0.15, 0.2) is 0 Å². The molecule has 0 bridgehead atoms. The van der Waals surface area contributed by atoms with E-state index in [0.717, 1.165) is 51.7 Å². The van der Waals surface area contributed by atoms with Gasteiger partial charge in [-0.05, 0) is 74.6 Å². The van der Waals surface area contributed by atoms with Gasteiger partial charge in [0.2, 0.25) is 5.91 Å². The zero-order chi connectivity index (χ0) is 26.8. The van der Waals surface area contributed by atoms with Crippen molar-refractivity contribution in [1.29, 1.82) is 0 Å². The van der Waals surface area contributed by atoms with Crippen LogP contribution < -0.4 is 15.4 Å². The SMILES string of the molecule is Cc1ccc(Oc2ccc(Nc3ncnc4sc5c(c34)CCN(C(=O)/C=C/CNC3CCC3)C5)cc2C)cn1. The summed E-state index contributed by atoms with van der Waals surface area (Å²) in [6.07, 6.45) is 11.6. The summed E-state index contributed by atoms with van der Waals surface area (Å²) in [7, 11) is 0. The average molecular weight is 541 g/mol. The number of carbonyl (C=O) groups is 1. The van der Waals surface area contributed by atoms with Crippen molar-refractivity contribution >= 4 is 39.0 Å². The van der Waals surface area contributed by atoms with Crippen LogP contribution in [0.4, 0.5) is 11.5 Å². The van der Waals surface area contributed by atoms with Crippen LogP contribution in [-0.4, -0.2) is 44.9 Å². The Morgan fingerprint density at radius 2 is 2.08 bits per heavy atom. The first-order valence-electron chi connectivity index (χ1n) is 13.5. The van der Waals surface area contributed by atoms with Gasteiger partial charge in [-0.15, -0.1) is 11.3 Å². The van der Waals surface area contributed by atoms with Crippen molar-refractivity contribution < 1.29 is 9.53 Å². The van der Waals surface area contributed by atoms with E-state index < -0.39 is 0 Å². The second-order valence-corrected chi connectivity index (χ2v) is 11.3. The minimum atomic E-state index is 0.0668. The molecule has 8 nitrogen and oxygen atoms in total. The van der Waals surface area contributed by atoms with Crippen LogP contribution in [0.5, 0.6) is 11.5 Å². The third kappa shape index (κ3) is 5.65. The summed E-state index contributed by atoms with van der Waals surface area (Å²) < 4.78 is 6.03. The van der Waals surface area contributed by atoms with Crippen LogP contribution in [0.1, 0.15) is 41.0 Å². The number of anilines is 2. The molecule has 1 aromatic carbocycles. The van der Waals surface area contributed by atoms with Gasteiger partial charge >= 0.3 is 0 Å². The number of rotatable bonds is 8. The minimum absolute atomic E-state index is 0.0668. The monoisotopic (exact) mass is 540 g/mol. The molecule has 1 aliphatic heterocycles. The Balaban J connectivity index is 1.15. The maximum Gasteiger partial charge on any atom is 0.246 e. The predicted molar refractivity (Wildman–Crippen MR) is 155 cm³/mol. The fraction of sp³-hybridized carbons (Fsp3) is 0.333. The van der Waals surface area contributed by atoms with Gasteiger partial charge in [0.25, 0.3) is 0 Å². The van der Waals surface area contributed by atoms with Crippen LogP contribution in [-0.2, 0) is 17.8 Å². The van der Waals surface area contributed by atoms with Gasteiger partial charge in [0.05, 0.1) is 18.1 Å². The number of fused-ring (bicyclic) bond motifs is 3. The highest BCUT2D eigenvalue weighted by molar-refractivity contribution is 7.19. The van der Waals surface area contributed by atoms with Crippen molar-refractivity contribution in [3.8, 4) is 11.5 Å². The first-order valence-corrected chi connectivity index (χ1v) is 14.3. The smallest absolute Gasteiger partial charge is 0.246 e. The summed E-state index contributed by atoms with van der Waals surface area (Å²) in [6, 6.07) is 10.5. The summed E-state index contributed by atoms with van der Waals surface area (Å²) in [4.78, 5) is 30.3. The third-order valence-corrected chi connectivity index (χ3v) is 8.51. The van der Waals surface area contributed by atoms with Crippen molar-refractivity contribution in [2.45, 2.75) is 52.1 Å². The number of hydrogen-bond donors (Lipinski definition) is 2. The van der Waals surface area contributed by atoms with Crippen LogP contribution in [0.25, 0.3) is 10.2 Å². The summed E-state index contributed by atoms with van der Waals surface area (Å²) in [5, 5.41) is 8.02. The van der Waals surface area contributed by atoms with E-state index in [0.29, 0.717) is 24.9 Å².